The number of carbonyl (C=O) groups is 1. The second-order valence-corrected chi connectivity index (χ2v) is 10.6. The zero-order valence-corrected chi connectivity index (χ0v) is 18.7. The third-order valence-corrected chi connectivity index (χ3v) is 8.61. The van der Waals surface area contributed by atoms with Gasteiger partial charge in [-0.15, -0.1) is 0 Å². The lowest BCUT2D eigenvalue weighted by atomic mass is 9.93. The fraction of sp³-hybridized carbons (Fsp3) is 0.682. The Morgan fingerprint density at radius 2 is 1.67 bits per heavy atom. The summed E-state index contributed by atoms with van der Waals surface area (Å²) in [6, 6.07) is 5.24. The van der Waals surface area contributed by atoms with Gasteiger partial charge in [-0.2, -0.15) is 4.31 Å². The molecule has 30 heavy (non-hydrogen) atoms. The third-order valence-electron chi connectivity index (χ3n) is 6.71. The summed E-state index contributed by atoms with van der Waals surface area (Å²) in [5.74, 6) is -0.0137. The second-order valence-electron chi connectivity index (χ2n) is 8.63. The molecule has 3 saturated heterocycles. The molecule has 0 bridgehead atoms. The summed E-state index contributed by atoms with van der Waals surface area (Å²) in [6.07, 6.45) is 3.76. The van der Waals surface area contributed by atoms with E-state index in [0.29, 0.717) is 44.0 Å². The number of benzene rings is 1. The van der Waals surface area contributed by atoms with Gasteiger partial charge >= 0.3 is 0 Å². The molecule has 0 spiro atoms. The average molecular weight is 437 g/mol. The van der Waals surface area contributed by atoms with Gasteiger partial charge in [0.1, 0.15) is 0 Å². The molecule has 0 radical (unpaired) electrons. The number of hydrogen-bond acceptors (Lipinski definition) is 5. The van der Waals surface area contributed by atoms with E-state index < -0.39 is 10.0 Å². The molecule has 3 aliphatic heterocycles. The number of nitrogens with zero attached hydrogens (tertiary/aromatic N) is 2. The summed E-state index contributed by atoms with van der Waals surface area (Å²) in [5, 5.41) is 0. The quantitative estimate of drug-likeness (QED) is 0.725. The lowest BCUT2D eigenvalue weighted by molar-refractivity contribution is -0.155. The highest BCUT2D eigenvalue weighted by Gasteiger charge is 2.40. The molecule has 1 atom stereocenters. The van der Waals surface area contributed by atoms with Crippen LogP contribution in [0.1, 0.15) is 43.2 Å². The molecule has 0 aromatic heterocycles. The molecular weight excluding hydrogens is 404 g/mol. The topological polar surface area (TPSA) is 76.2 Å². The first-order valence-electron chi connectivity index (χ1n) is 11.0. The van der Waals surface area contributed by atoms with E-state index in [1.165, 1.54) is 4.31 Å². The van der Waals surface area contributed by atoms with Crippen molar-refractivity contribution < 1.29 is 22.7 Å². The van der Waals surface area contributed by atoms with Crippen LogP contribution in [0.15, 0.2) is 23.1 Å². The van der Waals surface area contributed by atoms with Crippen LogP contribution in [0.5, 0.6) is 0 Å². The largest absolute Gasteiger partial charge is 0.348 e. The van der Waals surface area contributed by atoms with E-state index >= 15 is 0 Å². The first-order valence-corrected chi connectivity index (χ1v) is 12.4. The van der Waals surface area contributed by atoms with Gasteiger partial charge < -0.3 is 14.4 Å². The van der Waals surface area contributed by atoms with Crippen LogP contribution < -0.4 is 0 Å². The number of aryl methyl sites for hydroxylation is 2. The minimum absolute atomic E-state index is 0.0222. The first-order chi connectivity index (χ1) is 14.4. The van der Waals surface area contributed by atoms with Gasteiger partial charge in [-0.1, -0.05) is 6.07 Å². The van der Waals surface area contributed by atoms with Gasteiger partial charge in [0.2, 0.25) is 15.9 Å². The Hall–Kier alpha value is -1.48. The van der Waals surface area contributed by atoms with E-state index in [-0.39, 0.29) is 24.2 Å². The molecule has 3 heterocycles. The summed E-state index contributed by atoms with van der Waals surface area (Å²) >= 11 is 0. The fourth-order valence-electron chi connectivity index (χ4n) is 4.71. The number of likely N-dealkylation sites (tertiary alicyclic amines) is 1. The summed E-state index contributed by atoms with van der Waals surface area (Å²) < 4.78 is 39.0. The van der Waals surface area contributed by atoms with Gasteiger partial charge in [-0.25, -0.2) is 8.42 Å². The Bertz CT molecular complexity index is 874. The van der Waals surface area contributed by atoms with Gasteiger partial charge in [0.05, 0.1) is 24.2 Å². The third kappa shape index (κ3) is 4.28. The Morgan fingerprint density at radius 1 is 0.967 bits per heavy atom. The molecule has 8 heteroatoms. The molecule has 0 N–H and O–H groups in total. The fourth-order valence-corrected chi connectivity index (χ4v) is 6.27. The Morgan fingerprint density at radius 3 is 2.33 bits per heavy atom. The summed E-state index contributed by atoms with van der Waals surface area (Å²) in [7, 11) is -3.53. The summed E-state index contributed by atoms with van der Waals surface area (Å²) in [5.41, 5.74) is 2.04. The number of rotatable bonds is 4. The number of sulfonamides is 1. The summed E-state index contributed by atoms with van der Waals surface area (Å²) in [6.45, 7) is 6.54. The lowest BCUT2D eigenvalue weighted by Gasteiger charge is -2.41. The first kappa shape index (κ1) is 21.7. The zero-order chi connectivity index (χ0) is 21.3. The van der Waals surface area contributed by atoms with Crippen LogP contribution in [0.2, 0.25) is 0 Å². The van der Waals surface area contributed by atoms with Gasteiger partial charge in [-0.05, 0) is 69.2 Å². The predicted molar refractivity (Wildman–Crippen MR) is 112 cm³/mol. The molecule has 1 amide bonds. The van der Waals surface area contributed by atoms with Crippen LogP contribution >= 0.6 is 0 Å². The maximum atomic E-state index is 13.3. The molecular formula is C22H32N2O5S. The second kappa shape index (κ2) is 8.94. The molecule has 0 saturated carbocycles. The monoisotopic (exact) mass is 436 g/mol. The lowest BCUT2D eigenvalue weighted by Crippen LogP contribution is -2.53. The van der Waals surface area contributed by atoms with Crippen molar-refractivity contribution in [1.82, 2.24) is 9.21 Å². The number of amides is 1. The molecule has 0 aliphatic carbocycles. The van der Waals surface area contributed by atoms with E-state index in [4.69, 9.17) is 9.47 Å². The number of carbonyl (C=O) groups excluding carboxylic acids is 1. The van der Waals surface area contributed by atoms with Crippen LogP contribution in [-0.2, 0) is 24.3 Å². The number of piperidine rings is 2. The SMILES string of the molecule is Cc1ccc(S(=O)(=O)N2CCC(C(=O)N3CCCCC3C3OCCO3)CC2)cc1C. The van der Waals surface area contributed by atoms with Crippen molar-refractivity contribution in [3.05, 3.63) is 29.3 Å². The van der Waals surface area contributed by atoms with E-state index in [9.17, 15) is 13.2 Å². The standard InChI is InChI=1S/C22H32N2O5S/c1-16-6-7-19(15-17(16)2)30(26,27)23-11-8-18(9-12-23)21(25)24-10-4-3-5-20(24)22-28-13-14-29-22/h6-7,15,18,20,22H,3-5,8-14H2,1-2H3. The smallest absolute Gasteiger partial charge is 0.243 e. The molecule has 1 aromatic carbocycles. The Balaban J connectivity index is 1.40. The van der Waals surface area contributed by atoms with Crippen LogP contribution in [-0.4, -0.2) is 68.7 Å². The highest BCUT2D eigenvalue weighted by molar-refractivity contribution is 7.89. The van der Waals surface area contributed by atoms with Crippen molar-refractivity contribution in [2.24, 2.45) is 5.92 Å². The van der Waals surface area contributed by atoms with Crippen LogP contribution in [0.25, 0.3) is 0 Å². The Kier molecular flexibility index (Phi) is 6.48. The molecule has 7 nitrogen and oxygen atoms in total. The molecule has 4 rings (SSSR count). The van der Waals surface area contributed by atoms with Crippen molar-refractivity contribution in [1.29, 1.82) is 0 Å². The molecule has 1 aromatic rings. The van der Waals surface area contributed by atoms with Crippen molar-refractivity contribution in [3.8, 4) is 0 Å². The minimum atomic E-state index is -3.53. The van der Waals surface area contributed by atoms with Crippen molar-refractivity contribution in [2.45, 2.75) is 63.2 Å². The van der Waals surface area contributed by atoms with Crippen LogP contribution in [0, 0.1) is 19.8 Å². The van der Waals surface area contributed by atoms with E-state index in [2.05, 4.69) is 0 Å². The molecule has 1 unspecified atom stereocenters. The van der Waals surface area contributed by atoms with Crippen molar-refractivity contribution in [3.63, 3.8) is 0 Å². The average Bonchev–Trinajstić information content (AvgIpc) is 3.30. The van der Waals surface area contributed by atoms with Crippen LogP contribution in [0.3, 0.4) is 0 Å². The normalized spacial score (nSPS) is 25.0. The summed E-state index contributed by atoms with van der Waals surface area (Å²) in [4.78, 5) is 15.6. The highest BCUT2D eigenvalue weighted by Crippen LogP contribution is 2.30. The predicted octanol–water partition coefficient (Wildman–Crippen LogP) is 2.46. The molecule has 3 aliphatic rings. The molecule has 166 valence electrons. The van der Waals surface area contributed by atoms with Gasteiger partial charge in [-0.3, -0.25) is 4.79 Å². The maximum Gasteiger partial charge on any atom is 0.243 e. The van der Waals surface area contributed by atoms with E-state index in [0.717, 1.165) is 36.9 Å². The van der Waals surface area contributed by atoms with Gasteiger partial charge in [0.15, 0.2) is 6.29 Å². The highest BCUT2D eigenvalue weighted by atomic mass is 32.2. The van der Waals surface area contributed by atoms with Gasteiger partial charge in [0.25, 0.3) is 0 Å². The van der Waals surface area contributed by atoms with E-state index in [1.807, 2.05) is 24.8 Å². The van der Waals surface area contributed by atoms with Gasteiger partial charge in [0, 0.05) is 25.6 Å². The Labute approximate surface area is 179 Å². The zero-order valence-electron chi connectivity index (χ0n) is 17.9. The number of hydrogen-bond donors (Lipinski definition) is 0. The van der Waals surface area contributed by atoms with Crippen molar-refractivity contribution in [2.75, 3.05) is 32.8 Å². The van der Waals surface area contributed by atoms with Crippen LogP contribution in [0.4, 0.5) is 0 Å². The number of ether oxygens (including phenoxy) is 2. The minimum Gasteiger partial charge on any atom is -0.348 e. The van der Waals surface area contributed by atoms with E-state index in [1.54, 1.807) is 12.1 Å². The molecule has 3 fully saturated rings. The van der Waals surface area contributed by atoms with Crippen molar-refractivity contribution >= 4 is 15.9 Å². The maximum absolute atomic E-state index is 13.3.